The summed E-state index contributed by atoms with van der Waals surface area (Å²) in [5, 5.41) is 13.6. The highest BCUT2D eigenvalue weighted by molar-refractivity contribution is 4.94. The fourth-order valence-corrected chi connectivity index (χ4v) is 0.913. The van der Waals surface area contributed by atoms with Crippen LogP contribution in [0.2, 0.25) is 0 Å². The summed E-state index contributed by atoms with van der Waals surface area (Å²) in [4.78, 5) is 3.82. The minimum atomic E-state index is -0.425. The maximum absolute atomic E-state index is 9.68. The van der Waals surface area contributed by atoms with Gasteiger partial charge >= 0.3 is 0 Å². The van der Waals surface area contributed by atoms with Gasteiger partial charge in [0.2, 0.25) is 0 Å². The van der Waals surface area contributed by atoms with E-state index in [1.165, 1.54) is 6.33 Å². The van der Waals surface area contributed by atoms with Gasteiger partial charge in [-0.05, 0) is 5.41 Å². The molecule has 0 aliphatic rings. The molecule has 4 heteroatoms. The summed E-state index contributed by atoms with van der Waals surface area (Å²) in [6.45, 7) is 6.64. The molecule has 1 rings (SSSR count). The zero-order valence-electron chi connectivity index (χ0n) is 8.88. The normalized spacial score (nSPS) is 14.9. The van der Waals surface area contributed by atoms with Crippen LogP contribution in [-0.4, -0.2) is 26.0 Å². The first kappa shape index (κ1) is 10.9. The molecule has 1 heterocycles. The molecule has 0 spiro atoms. The lowest BCUT2D eigenvalue weighted by Gasteiger charge is -2.22. The molecule has 1 atom stereocenters. The lowest BCUT2D eigenvalue weighted by molar-refractivity contribution is 0.105. The van der Waals surface area contributed by atoms with Crippen molar-refractivity contribution in [2.75, 3.05) is 0 Å². The molecule has 0 amide bonds. The molecule has 0 aliphatic heterocycles. The monoisotopic (exact) mass is 195 g/mol. The molecule has 0 aliphatic carbocycles. The average Bonchev–Trinajstić information content (AvgIpc) is 2.55. The van der Waals surface area contributed by atoms with Gasteiger partial charge in [0.15, 0.2) is 0 Å². The van der Waals surface area contributed by atoms with Crippen LogP contribution in [0.1, 0.15) is 20.8 Å². The predicted octanol–water partition coefficient (Wildman–Crippen LogP) is 1.24. The summed E-state index contributed by atoms with van der Waals surface area (Å²) in [6.07, 6.45) is 6.40. The number of aromatic nitrogens is 3. The van der Waals surface area contributed by atoms with Crippen molar-refractivity contribution in [3.05, 3.63) is 24.8 Å². The second-order valence-corrected chi connectivity index (χ2v) is 4.36. The first-order valence-corrected chi connectivity index (χ1v) is 4.67. The third-order valence-electron chi connectivity index (χ3n) is 1.96. The Kier molecular flexibility index (Phi) is 3.41. The average molecular weight is 195 g/mol. The molecule has 0 aromatic carbocycles. The Labute approximate surface area is 84.3 Å². The summed E-state index contributed by atoms with van der Waals surface area (Å²) >= 11 is 0. The zero-order chi connectivity index (χ0) is 10.6. The molecule has 0 bridgehead atoms. The summed E-state index contributed by atoms with van der Waals surface area (Å²) in [7, 11) is 0. The number of allylic oxidation sites excluding steroid dienone is 1. The van der Waals surface area contributed by atoms with Gasteiger partial charge in [-0.1, -0.05) is 32.9 Å². The van der Waals surface area contributed by atoms with Gasteiger partial charge in [-0.2, -0.15) is 5.10 Å². The van der Waals surface area contributed by atoms with Gasteiger partial charge in [0, 0.05) is 0 Å². The molecule has 1 unspecified atom stereocenters. The molecule has 1 aromatic rings. The molecule has 0 fully saturated rings. The first-order chi connectivity index (χ1) is 6.50. The number of hydrogen-bond donors (Lipinski definition) is 1. The standard InChI is InChI=1S/C10H17N3O/c1-10(2,3)9(14)5-4-6-13-8-11-7-12-13/h4-5,7-9,14H,6H2,1-3H3. The van der Waals surface area contributed by atoms with E-state index in [0.29, 0.717) is 6.54 Å². The fraction of sp³-hybridized carbons (Fsp3) is 0.600. The maximum atomic E-state index is 9.68. The van der Waals surface area contributed by atoms with Crippen LogP contribution in [-0.2, 0) is 6.54 Å². The number of nitrogens with zero attached hydrogens (tertiary/aromatic N) is 3. The van der Waals surface area contributed by atoms with Crippen molar-refractivity contribution in [2.45, 2.75) is 33.4 Å². The van der Waals surface area contributed by atoms with E-state index in [1.54, 1.807) is 17.1 Å². The Balaban J connectivity index is 2.42. The van der Waals surface area contributed by atoms with E-state index in [9.17, 15) is 5.11 Å². The van der Waals surface area contributed by atoms with E-state index >= 15 is 0 Å². The first-order valence-electron chi connectivity index (χ1n) is 4.67. The largest absolute Gasteiger partial charge is 0.388 e. The molecular weight excluding hydrogens is 178 g/mol. The van der Waals surface area contributed by atoms with Crippen LogP contribution >= 0.6 is 0 Å². The van der Waals surface area contributed by atoms with Crippen LogP contribution in [0.15, 0.2) is 24.8 Å². The van der Waals surface area contributed by atoms with Crippen molar-refractivity contribution >= 4 is 0 Å². The van der Waals surface area contributed by atoms with E-state index in [1.807, 2.05) is 26.8 Å². The van der Waals surface area contributed by atoms with Crippen molar-refractivity contribution in [1.29, 1.82) is 0 Å². The topological polar surface area (TPSA) is 50.9 Å². The number of aliphatic hydroxyl groups is 1. The molecule has 14 heavy (non-hydrogen) atoms. The highest BCUT2D eigenvalue weighted by atomic mass is 16.3. The molecule has 1 N–H and O–H groups in total. The molecule has 0 radical (unpaired) electrons. The van der Waals surface area contributed by atoms with E-state index in [2.05, 4.69) is 10.1 Å². The van der Waals surface area contributed by atoms with Gasteiger partial charge in [0.05, 0.1) is 12.6 Å². The summed E-state index contributed by atoms with van der Waals surface area (Å²) < 4.78 is 1.70. The number of hydrogen-bond acceptors (Lipinski definition) is 3. The minimum absolute atomic E-state index is 0.112. The van der Waals surface area contributed by atoms with Gasteiger partial charge in [0.25, 0.3) is 0 Å². The van der Waals surface area contributed by atoms with Gasteiger partial charge in [-0.25, -0.2) is 9.67 Å². The smallest absolute Gasteiger partial charge is 0.137 e. The van der Waals surface area contributed by atoms with Gasteiger partial charge < -0.3 is 5.11 Å². The Morgan fingerprint density at radius 3 is 2.71 bits per heavy atom. The summed E-state index contributed by atoms with van der Waals surface area (Å²) in [5.74, 6) is 0. The van der Waals surface area contributed by atoms with E-state index in [4.69, 9.17) is 0 Å². The maximum Gasteiger partial charge on any atom is 0.137 e. The van der Waals surface area contributed by atoms with E-state index < -0.39 is 6.10 Å². The van der Waals surface area contributed by atoms with Gasteiger partial charge in [-0.3, -0.25) is 0 Å². The second kappa shape index (κ2) is 4.37. The SMILES string of the molecule is CC(C)(C)C(O)C=CCn1cncn1. The van der Waals surface area contributed by atoms with Gasteiger partial charge in [-0.15, -0.1) is 0 Å². The summed E-state index contributed by atoms with van der Waals surface area (Å²) in [5.41, 5.74) is -0.112. The highest BCUT2D eigenvalue weighted by Crippen LogP contribution is 2.19. The van der Waals surface area contributed by atoms with Crippen LogP contribution in [0.3, 0.4) is 0 Å². The Morgan fingerprint density at radius 2 is 2.21 bits per heavy atom. The Morgan fingerprint density at radius 1 is 1.50 bits per heavy atom. The van der Waals surface area contributed by atoms with Crippen LogP contribution < -0.4 is 0 Å². The third kappa shape index (κ3) is 3.30. The quantitative estimate of drug-likeness (QED) is 0.738. The Hall–Kier alpha value is -1.16. The number of rotatable bonds is 3. The van der Waals surface area contributed by atoms with E-state index in [0.717, 1.165) is 0 Å². The lowest BCUT2D eigenvalue weighted by atomic mass is 9.89. The third-order valence-corrected chi connectivity index (χ3v) is 1.96. The molecule has 1 aromatic heterocycles. The lowest BCUT2D eigenvalue weighted by Crippen LogP contribution is -2.23. The Bertz CT molecular complexity index is 285. The van der Waals surface area contributed by atoms with Crippen LogP contribution in [0.4, 0.5) is 0 Å². The summed E-state index contributed by atoms with van der Waals surface area (Å²) in [6, 6.07) is 0. The van der Waals surface area contributed by atoms with Crippen LogP contribution in [0, 0.1) is 5.41 Å². The molecular formula is C10H17N3O. The van der Waals surface area contributed by atoms with Crippen molar-refractivity contribution in [3.8, 4) is 0 Å². The van der Waals surface area contributed by atoms with Crippen molar-refractivity contribution in [3.63, 3.8) is 0 Å². The minimum Gasteiger partial charge on any atom is -0.388 e. The molecule has 78 valence electrons. The van der Waals surface area contributed by atoms with E-state index in [-0.39, 0.29) is 5.41 Å². The van der Waals surface area contributed by atoms with Crippen molar-refractivity contribution in [1.82, 2.24) is 14.8 Å². The van der Waals surface area contributed by atoms with Crippen LogP contribution in [0.25, 0.3) is 0 Å². The predicted molar refractivity (Wildman–Crippen MR) is 54.6 cm³/mol. The molecule has 0 saturated carbocycles. The number of aliphatic hydroxyl groups excluding tert-OH is 1. The molecule has 0 saturated heterocycles. The zero-order valence-corrected chi connectivity index (χ0v) is 8.88. The van der Waals surface area contributed by atoms with Crippen molar-refractivity contribution < 1.29 is 5.11 Å². The van der Waals surface area contributed by atoms with Crippen molar-refractivity contribution in [2.24, 2.45) is 5.41 Å². The highest BCUT2D eigenvalue weighted by Gasteiger charge is 2.18. The second-order valence-electron chi connectivity index (χ2n) is 4.36. The van der Waals surface area contributed by atoms with Gasteiger partial charge in [0.1, 0.15) is 12.7 Å². The fourth-order valence-electron chi connectivity index (χ4n) is 0.913. The van der Waals surface area contributed by atoms with Crippen LogP contribution in [0.5, 0.6) is 0 Å². The molecule has 4 nitrogen and oxygen atoms in total.